The molecule has 2 aromatic rings. The molecule has 2 aromatic carbocycles. The van der Waals surface area contributed by atoms with Crippen molar-refractivity contribution < 1.29 is 36.3 Å². The van der Waals surface area contributed by atoms with Crippen LogP contribution in [0.5, 0.6) is 0 Å². The quantitative estimate of drug-likeness (QED) is 0.391. The Kier molecular flexibility index (Phi) is 10.8. The van der Waals surface area contributed by atoms with Gasteiger partial charge in [0.2, 0.25) is 0 Å². The van der Waals surface area contributed by atoms with E-state index in [1.54, 1.807) is 24.3 Å². The summed E-state index contributed by atoms with van der Waals surface area (Å²) in [7, 11) is -3.85. The number of carboxylic acid groups (broad SMARTS) is 1. The molecule has 1 fully saturated rings. The second-order valence-electron chi connectivity index (χ2n) is 8.57. The fourth-order valence-electron chi connectivity index (χ4n) is 3.32. The van der Waals surface area contributed by atoms with Gasteiger partial charge in [0.1, 0.15) is 0 Å². The number of rotatable bonds is 7. The first-order valence-electron chi connectivity index (χ1n) is 11.6. The maximum atomic E-state index is 13.0. The number of benzene rings is 2. The SMILES string of the molecule is CCC(C)NC(=O)c1cc(NS(=O)(=O)c2ccc(C)c(Cl)c2)ccc1N1CCNCC1.O=C(O)C(F)(F)F. The zero-order valence-electron chi connectivity index (χ0n) is 21.0. The van der Waals surface area contributed by atoms with Crippen LogP contribution < -0.4 is 20.3 Å². The molecule has 1 atom stereocenters. The topological polar surface area (TPSA) is 128 Å². The molecule has 3 rings (SSSR count). The number of aryl methyl sites for hydroxylation is 1. The van der Waals surface area contributed by atoms with Crippen molar-refractivity contribution in [3.05, 3.63) is 52.5 Å². The highest BCUT2D eigenvalue weighted by molar-refractivity contribution is 7.92. The normalized spacial score (nSPS) is 14.7. The number of aliphatic carboxylic acids is 1. The second-order valence-corrected chi connectivity index (χ2v) is 10.7. The van der Waals surface area contributed by atoms with Gasteiger partial charge < -0.3 is 20.6 Å². The second kappa shape index (κ2) is 13.2. The Bertz CT molecular complexity index is 1250. The highest BCUT2D eigenvalue weighted by Gasteiger charge is 2.38. The summed E-state index contributed by atoms with van der Waals surface area (Å²) in [5.74, 6) is -2.98. The lowest BCUT2D eigenvalue weighted by Gasteiger charge is -2.31. The van der Waals surface area contributed by atoms with Crippen LogP contribution in [-0.4, -0.2) is 63.8 Å². The van der Waals surface area contributed by atoms with Crippen molar-refractivity contribution in [2.45, 2.75) is 44.3 Å². The number of sulfonamides is 1. The summed E-state index contributed by atoms with van der Waals surface area (Å²) in [5, 5.41) is 13.8. The zero-order chi connectivity index (χ0) is 28.7. The van der Waals surface area contributed by atoms with E-state index >= 15 is 0 Å². The smallest absolute Gasteiger partial charge is 0.475 e. The average molecular weight is 579 g/mol. The van der Waals surface area contributed by atoms with Crippen molar-refractivity contribution in [3.63, 3.8) is 0 Å². The summed E-state index contributed by atoms with van der Waals surface area (Å²) in [4.78, 5) is 24.1. The van der Waals surface area contributed by atoms with Gasteiger partial charge in [-0.3, -0.25) is 9.52 Å². The monoisotopic (exact) mass is 578 g/mol. The number of piperazine rings is 1. The molecule has 14 heteroatoms. The van der Waals surface area contributed by atoms with Crippen molar-refractivity contribution >= 4 is 44.9 Å². The summed E-state index contributed by atoms with van der Waals surface area (Å²) in [6, 6.07) is 9.69. The molecule has 1 aliphatic rings. The van der Waals surface area contributed by atoms with Crippen LogP contribution in [-0.2, 0) is 14.8 Å². The van der Waals surface area contributed by atoms with Gasteiger partial charge in [-0.25, -0.2) is 13.2 Å². The summed E-state index contributed by atoms with van der Waals surface area (Å²) in [6.07, 6.45) is -4.28. The Balaban J connectivity index is 0.000000638. The van der Waals surface area contributed by atoms with E-state index in [1.807, 2.05) is 20.8 Å². The molecule has 1 aliphatic heterocycles. The van der Waals surface area contributed by atoms with Crippen molar-refractivity contribution in [1.29, 1.82) is 0 Å². The molecule has 0 saturated carbocycles. The minimum Gasteiger partial charge on any atom is -0.475 e. The number of amides is 1. The van der Waals surface area contributed by atoms with E-state index in [-0.39, 0.29) is 16.8 Å². The number of carbonyl (C=O) groups excluding carboxylic acids is 1. The molecule has 0 bridgehead atoms. The predicted molar refractivity (Wildman–Crippen MR) is 139 cm³/mol. The Morgan fingerprint density at radius 3 is 2.29 bits per heavy atom. The van der Waals surface area contributed by atoms with Crippen LogP contribution in [0.25, 0.3) is 0 Å². The molecule has 1 saturated heterocycles. The van der Waals surface area contributed by atoms with Gasteiger partial charge in [0.25, 0.3) is 15.9 Å². The third-order valence-electron chi connectivity index (χ3n) is 5.64. The molecule has 0 spiro atoms. The number of carboxylic acids is 1. The molecule has 0 aliphatic carbocycles. The molecule has 1 amide bonds. The lowest BCUT2D eigenvalue weighted by molar-refractivity contribution is -0.192. The highest BCUT2D eigenvalue weighted by Crippen LogP contribution is 2.28. The number of alkyl halides is 3. The molecule has 9 nitrogen and oxygen atoms in total. The molecule has 38 heavy (non-hydrogen) atoms. The van der Waals surface area contributed by atoms with Crippen molar-refractivity contribution in [2.24, 2.45) is 0 Å². The molecular weight excluding hydrogens is 549 g/mol. The van der Waals surface area contributed by atoms with Gasteiger partial charge >= 0.3 is 12.1 Å². The Morgan fingerprint density at radius 2 is 1.76 bits per heavy atom. The number of nitrogens with one attached hydrogen (secondary N) is 3. The minimum atomic E-state index is -5.08. The average Bonchev–Trinajstić information content (AvgIpc) is 2.85. The van der Waals surface area contributed by atoms with Gasteiger partial charge in [0.15, 0.2) is 0 Å². The lowest BCUT2D eigenvalue weighted by atomic mass is 10.1. The van der Waals surface area contributed by atoms with E-state index in [4.69, 9.17) is 21.5 Å². The van der Waals surface area contributed by atoms with Crippen LogP contribution in [0.2, 0.25) is 5.02 Å². The predicted octanol–water partition coefficient (Wildman–Crippen LogP) is 4.02. The van der Waals surface area contributed by atoms with E-state index in [1.165, 1.54) is 12.1 Å². The van der Waals surface area contributed by atoms with Gasteiger partial charge in [-0.2, -0.15) is 13.2 Å². The highest BCUT2D eigenvalue weighted by atomic mass is 35.5. The maximum absolute atomic E-state index is 13.0. The number of hydrogen-bond donors (Lipinski definition) is 4. The molecular formula is C24H30ClF3N4O5S. The van der Waals surface area contributed by atoms with Crippen molar-refractivity contribution in [3.8, 4) is 0 Å². The molecule has 0 aromatic heterocycles. The molecule has 210 valence electrons. The first kappa shape index (κ1) is 31.2. The van der Waals surface area contributed by atoms with Crippen LogP contribution in [0, 0.1) is 6.92 Å². The summed E-state index contributed by atoms with van der Waals surface area (Å²) < 4.78 is 60.0. The lowest BCUT2D eigenvalue weighted by Crippen LogP contribution is -2.44. The van der Waals surface area contributed by atoms with Crippen LogP contribution in [0.4, 0.5) is 24.5 Å². The fraction of sp³-hybridized carbons (Fsp3) is 0.417. The molecule has 4 N–H and O–H groups in total. The van der Waals surface area contributed by atoms with Gasteiger partial charge in [0, 0.05) is 48.6 Å². The summed E-state index contributed by atoms with van der Waals surface area (Å²) in [5.41, 5.74) is 2.36. The van der Waals surface area contributed by atoms with Gasteiger partial charge in [-0.15, -0.1) is 0 Å². The number of halogens is 4. The minimum absolute atomic E-state index is 0.0124. The fourth-order valence-corrected chi connectivity index (χ4v) is 4.64. The van der Waals surface area contributed by atoms with Crippen molar-refractivity contribution in [1.82, 2.24) is 10.6 Å². The van der Waals surface area contributed by atoms with Crippen LogP contribution in [0.1, 0.15) is 36.2 Å². The Labute approximate surface area is 224 Å². The molecule has 1 unspecified atom stereocenters. The Hall–Kier alpha value is -3.03. The largest absolute Gasteiger partial charge is 0.490 e. The van der Waals surface area contributed by atoms with E-state index in [0.29, 0.717) is 16.3 Å². The third kappa shape index (κ3) is 8.77. The molecule has 0 radical (unpaired) electrons. The van der Waals surface area contributed by atoms with E-state index < -0.39 is 22.2 Å². The molecule has 1 heterocycles. The Morgan fingerprint density at radius 1 is 1.16 bits per heavy atom. The summed E-state index contributed by atoms with van der Waals surface area (Å²) in [6.45, 7) is 8.95. The van der Waals surface area contributed by atoms with Gasteiger partial charge in [-0.1, -0.05) is 24.6 Å². The van der Waals surface area contributed by atoms with Crippen LogP contribution in [0.3, 0.4) is 0 Å². The van der Waals surface area contributed by atoms with Crippen LogP contribution >= 0.6 is 11.6 Å². The number of hydrogen-bond acceptors (Lipinski definition) is 6. The zero-order valence-corrected chi connectivity index (χ0v) is 22.6. The first-order valence-corrected chi connectivity index (χ1v) is 13.5. The van der Waals surface area contributed by atoms with Crippen molar-refractivity contribution in [2.75, 3.05) is 35.8 Å². The van der Waals surface area contributed by atoms with E-state index in [0.717, 1.165) is 43.9 Å². The number of nitrogens with zero attached hydrogens (tertiary/aromatic N) is 1. The third-order valence-corrected chi connectivity index (χ3v) is 7.42. The van der Waals surface area contributed by atoms with Crippen LogP contribution in [0.15, 0.2) is 41.3 Å². The van der Waals surface area contributed by atoms with Gasteiger partial charge in [-0.05, 0) is 56.2 Å². The number of carbonyl (C=O) groups is 2. The first-order chi connectivity index (χ1) is 17.7. The standard InChI is InChI=1S/C22H29ClN4O3S.C2HF3O2/c1-4-16(3)25-22(28)19-13-17(6-8-21(19)27-11-9-24-10-12-27)26-31(29,30)18-7-5-15(2)20(23)14-18;3-2(4,5)1(6)7/h5-8,13-14,16,24,26H,4,9-12H2,1-3H3,(H,25,28);(H,6,7). The van der Waals surface area contributed by atoms with Gasteiger partial charge in [0.05, 0.1) is 10.5 Å². The maximum Gasteiger partial charge on any atom is 0.490 e. The number of anilines is 2. The van der Waals surface area contributed by atoms with E-state index in [2.05, 4.69) is 20.3 Å². The van der Waals surface area contributed by atoms with E-state index in [9.17, 15) is 26.4 Å². The summed E-state index contributed by atoms with van der Waals surface area (Å²) >= 11 is 6.10.